The topological polar surface area (TPSA) is 80.0 Å². The van der Waals surface area contributed by atoms with Crippen molar-refractivity contribution in [3.63, 3.8) is 0 Å². The van der Waals surface area contributed by atoms with Crippen LogP contribution < -0.4 is 10.6 Å². The van der Waals surface area contributed by atoms with E-state index in [0.29, 0.717) is 17.9 Å². The summed E-state index contributed by atoms with van der Waals surface area (Å²) in [4.78, 5) is 15.9. The highest BCUT2D eigenvalue weighted by Gasteiger charge is 2.16. The Morgan fingerprint density at radius 1 is 1.37 bits per heavy atom. The zero-order valence-electron chi connectivity index (χ0n) is 10.9. The monoisotopic (exact) mass is 260 g/mol. The van der Waals surface area contributed by atoms with Crippen molar-refractivity contribution in [3.05, 3.63) is 42.0 Å². The SMILES string of the molecule is CNC(C)Cc1noc(C(=O)Nc2ccccc2)n1. The Balaban J connectivity index is 2.00. The summed E-state index contributed by atoms with van der Waals surface area (Å²) in [6, 6.07) is 9.35. The van der Waals surface area contributed by atoms with Gasteiger partial charge in [-0.15, -0.1) is 0 Å². The standard InChI is InChI=1S/C13H16N4O2/c1-9(14-2)8-11-16-13(19-17-11)12(18)15-10-6-4-3-5-7-10/h3-7,9,14H,8H2,1-2H3,(H,15,18). The number of carbonyl (C=O) groups is 1. The van der Waals surface area contributed by atoms with E-state index in [1.54, 1.807) is 12.1 Å². The van der Waals surface area contributed by atoms with Gasteiger partial charge in [-0.1, -0.05) is 23.4 Å². The number of hydrogen-bond acceptors (Lipinski definition) is 5. The van der Waals surface area contributed by atoms with Crippen molar-refractivity contribution in [2.75, 3.05) is 12.4 Å². The summed E-state index contributed by atoms with van der Waals surface area (Å²) < 4.78 is 4.94. The van der Waals surface area contributed by atoms with Gasteiger partial charge in [0, 0.05) is 18.2 Å². The Hall–Kier alpha value is -2.21. The van der Waals surface area contributed by atoms with Crippen LogP contribution in [-0.4, -0.2) is 29.1 Å². The largest absolute Gasteiger partial charge is 0.329 e. The lowest BCUT2D eigenvalue weighted by Gasteiger charge is -2.04. The molecule has 0 aliphatic carbocycles. The van der Waals surface area contributed by atoms with Gasteiger partial charge in [0.2, 0.25) is 0 Å². The molecule has 0 aliphatic heterocycles. The maximum atomic E-state index is 11.9. The summed E-state index contributed by atoms with van der Waals surface area (Å²) in [5.41, 5.74) is 0.691. The number of rotatable bonds is 5. The molecule has 1 aromatic carbocycles. The number of amides is 1. The Labute approximate surface area is 111 Å². The number of likely N-dealkylation sites (N-methyl/N-ethyl adjacent to an activating group) is 1. The van der Waals surface area contributed by atoms with Crippen LogP contribution in [0.5, 0.6) is 0 Å². The maximum absolute atomic E-state index is 11.9. The maximum Gasteiger partial charge on any atom is 0.316 e. The second-order valence-electron chi connectivity index (χ2n) is 4.23. The molecule has 2 N–H and O–H groups in total. The molecule has 19 heavy (non-hydrogen) atoms. The third-order valence-electron chi connectivity index (χ3n) is 2.68. The van der Waals surface area contributed by atoms with Crippen LogP contribution in [0.1, 0.15) is 23.4 Å². The van der Waals surface area contributed by atoms with Gasteiger partial charge in [0.15, 0.2) is 5.82 Å². The molecule has 6 nitrogen and oxygen atoms in total. The Kier molecular flexibility index (Phi) is 4.25. The smallest absolute Gasteiger partial charge is 0.316 e. The average Bonchev–Trinajstić information content (AvgIpc) is 2.88. The minimum atomic E-state index is -0.401. The minimum Gasteiger partial charge on any atom is -0.329 e. The van der Waals surface area contributed by atoms with Crippen LogP contribution in [0.4, 0.5) is 5.69 Å². The first kappa shape index (κ1) is 13.2. The van der Waals surface area contributed by atoms with Gasteiger partial charge in [-0.3, -0.25) is 4.79 Å². The van der Waals surface area contributed by atoms with Gasteiger partial charge in [0.25, 0.3) is 0 Å². The highest BCUT2D eigenvalue weighted by atomic mass is 16.5. The van der Waals surface area contributed by atoms with Crippen LogP contribution in [0.15, 0.2) is 34.9 Å². The van der Waals surface area contributed by atoms with E-state index in [1.165, 1.54) is 0 Å². The summed E-state index contributed by atoms with van der Waals surface area (Å²) >= 11 is 0. The van der Waals surface area contributed by atoms with Crippen molar-refractivity contribution in [2.24, 2.45) is 0 Å². The molecule has 2 rings (SSSR count). The highest BCUT2D eigenvalue weighted by molar-refractivity contribution is 6.00. The zero-order chi connectivity index (χ0) is 13.7. The summed E-state index contributed by atoms with van der Waals surface area (Å²) in [7, 11) is 1.85. The number of aromatic nitrogens is 2. The van der Waals surface area contributed by atoms with E-state index in [1.807, 2.05) is 32.2 Å². The fraction of sp³-hybridized carbons (Fsp3) is 0.308. The van der Waals surface area contributed by atoms with Gasteiger partial charge >= 0.3 is 11.8 Å². The number of benzene rings is 1. The molecule has 1 heterocycles. The predicted octanol–water partition coefficient (Wildman–Crippen LogP) is 1.47. The van der Waals surface area contributed by atoms with E-state index in [0.717, 1.165) is 0 Å². The van der Waals surface area contributed by atoms with Crippen molar-refractivity contribution in [1.82, 2.24) is 15.5 Å². The lowest BCUT2D eigenvalue weighted by molar-refractivity contribution is 0.0981. The summed E-state index contributed by atoms with van der Waals surface area (Å²) in [5, 5.41) is 9.54. The summed E-state index contributed by atoms with van der Waals surface area (Å²) in [5.74, 6) is 0.0873. The van der Waals surface area contributed by atoms with E-state index >= 15 is 0 Å². The molecule has 6 heteroatoms. The molecule has 0 saturated carbocycles. The van der Waals surface area contributed by atoms with Gasteiger partial charge in [-0.25, -0.2) is 0 Å². The molecule has 0 radical (unpaired) electrons. The van der Waals surface area contributed by atoms with Crippen LogP contribution in [0, 0.1) is 0 Å². The third kappa shape index (κ3) is 3.62. The van der Waals surface area contributed by atoms with Crippen molar-refractivity contribution < 1.29 is 9.32 Å². The molecule has 0 saturated heterocycles. The second-order valence-corrected chi connectivity index (χ2v) is 4.23. The number of nitrogens with zero attached hydrogens (tertiary/aromatic N) is 2. The van der Waals surface area contributed by atoms with Crippen molar-refractivity contribution >= 4 is 11.6 Å². The Morgan fingerprint density at radius 3 is 2.79 bits per heavy atom. The molecule has 2 aromatic rings. The van der Waals surface area contributed by atoms with E-state index in [9.17, 15) is 4.79 Å². The van der Waals surface area contributed by atoms with Crippen LogP contribution in [0.2, 0.25) is 0 Å². The highest BCUT2D eigenvalue weighted by Crippen LogP contribution is 2.08. The number of carbonyl (C=O) groups excluding carboxylic acids is 1. The average molecular weight is 260 g/mol. The van der Waals surface area contributed by atoms with E-state index < -0.39 is 5.91 Å². The minimum absolute atomic E-state index is 0.0258. The molecule has 0 aliphatic rings. The van der Waals surface area contributed by atoms with E-state index in [4.69, 9.17) is 4.52 Å². The molecule has 1 aromatic heterocycles. The molecule has 0 bridgehead atoms. The first-order valence-corrected chi connectivity index (χ1v) is 6.05. The Bertz CT molecular complexity index is 539. The first-order chi connectivity index (χ1) is 9.19. The van der Waals surface area contributed by atoms with E-state index in [-0.39, 0.29) is 11.9 Å². The van der Waals surface area contributed by atoms with Gasteiger partial charge in [0.1, 0.15) is 0 Å². The quantitative estimate of drug-likeness (QED) is 0.851. The van der Waals surface area contributed by atoms with Crippen LogP contribution in [-0.2, 0) is 6.42 Å². The van der Waals surface area contributed by atoms with Gasteiger partial charge in [-0.2, -0.15) is 4.98 Å². The predicted molar refractivity (Wildman–Crippen MR) is 70.9 cm³/mol. The van der Waals surface area contributed by atoms with Crippen molar-refractivity contribution in [2.45, 2.75) is 19.4 Å². The fourth-order valence-electron chi connectivity index (χ4n) is 1.51. The molecular weight excluding hydrogens is 244 g/mol. The van der Waals surface area contributed by atoms with Crippen LogP contribution >= 0.6 is 0 Å². The second kappa shape index (κ2) is 6.10. The number of nitrogens with one attached hydrogen (secondary N) is 2. The zero-order valence-corrected chi connectivity index (χ0v) is 10.9. The van der Waals surface area contributed by atoms with Gasteiger partial charge < -0.3 is 15.2 Å². The number of anilines is 1. The molecule has 100 valence electrons. The summed E-state index contributed by atoms with van der Waals surface area (Å²) in [6.45, 7) is 2.00. The molecular formula is C13H16N4O2. The first-order valence-electron chi connectivity index (χ1n) is 6.05. The lowest BCUT2D eigenvalue weighted by Crippen LogP contribution is -2.24. The molecule has 1 atom stereocenters. The molecule has 0 spiro atoms. The molecule has 1 unspecified atom stereocenters. The Morgan fingerprint density at radius 2 is 2.11 bits per heavy atom. The fourth-order valence-corrected chi connectivity index (χ4v) is 1.51. The molecule has 0 fully saturated rings. The van der Waals surface area contributed by atoms with Crippen LogP contribution in [0.25, 0.3) is 0 Å². The molecule has 1 amide bonds. The number of para-hydroxylation sites is 1. The number of hydrogen-bond donors (Lipinski definition) is 2. The normalized spacial score (nSPS) is 12.1. The summed E-state index contributed by atoms with van der Waals surface area (Å²) in [6.07, 6.45) is 0.610. The third-order valence-corrected chi connectivity index (χ3v) is 2.68. The van der Waals surface area contributed by atoms with Crippen molar-refractivity contribution in [3.8, 4) is 0 Å². The van der Waals surface area contributed by atoms with Gasteiger partial charge in [0.05, 0.1) is 0 Å². The van der Waals surface area contributed by atoms with Gasteiger partial charge in [-0.05, 0) is 26.1 Å². The lowest BCUT2D eigenvalue weighted by atomic mass is 10.2. The van der Waals surface area contributed by atoms with Crippen molar-refractivity contribution in [1.29, 1.82) is 0 Å². The van der Waals surface area contributed by atoms with E-state index in [2.05, 4.69) is 20.8 Å². The van der Waals surface area contributed by atoms with Crippen LogP contribution in [0.3, 0.4) is 0 Å².